The Morgan fingerprint density at radius 1 is 1.21 bits per heavy atom. The van der Waals surface area contributed by atoms with Gasteiger partial charge in [0.25, 0.3) is 0 Å². The summed E-state index contributed by atoms with van der Waals surface area (Å²) in [6.07, 6.45) is 7.22. The summed E-state index contributed by atoms with van der Waals surface area (Å²) in [6, 6.07) is 3.37. The van der Waals surface area contributed by atoms with Crippen molar-refractivity contribution in [3.63, 3.8) is 0 Å². The maximum absolute atomic E-state index is 12.0. The molecule has 0 atom stereocenters. The number of amides is 1. The van der Waals surface area contributed by atoms with E-state index in [9.17, 15) is 14.7 Å². The Bertz CT molecular complexity index is 453. The minimum Gasteiger partial charge on any atom is -0.481 e. The Morgan fingerprint density at radius 3 is 2.42 bits per heavy atom. The Morgan fingerprint density at radius 2 is 1.84 bits per heavy atom. The van der Waals surface area contributed by atoms with Gasteiger partial charge in [-0.2, -0.15) is 0 Å². The van der Waals surface area contributed by atoms with Gasteiger partial charge in [0.1, 0.15) is 0 Å². The first-order valence-electron chi connectivity index (χ1n) is 6.56. The van der Waals surface area contributed by atoms with E-state index in [4.69, 9.17) is 0 Å². The molecule has 0 bridgehead atoms. The van der Waals surface area contributed by atoms with Crippen molar-refractivity contribution in [2.45, 2.75) is 38.5 Å². The van der Waals surface area contributed by atoms with Crippen LogP contribution in [0.5, 0.6) is 0 Å². The van der Waals surface area contributed by atoms with E-state index >= 15 is 0 Å². The maximum atomic E-state index is 12.0. The summed E-state index contributed by atoms with van der Waals surface area (Å²) in [5.74, 6) is -1.09. The number of carbonyl (C=O) groups is 2. The number of carbonyl (C=O) groups excluding carboxylic acids is 1. The Labute approximate surface area is 112 Å². The van der Waals surface area contributed by atoms with Crippen molar-refractivity contribution in [2.75, 3.05) is 5.32 Å². The molecule has 0 aromatic carbocycles. The summed E-state index contributed by atoms with van der Waals surface area (Å²) in [6.45, 7) is 0. The molecule has 2 N–H and O–H groups in total. The third kappa shape index (κ3) is 3.30. The van der Waals surface area contributed by atoms with E-state index in [0.29, 0.717) is 18.5 Å². The van der Waals surface area contributed by atoms with Gasteiger partial charge in [-0.25, -0.2) is 0 Å². The van der Waals surface area contributed by atoms with E-state index in [1.165, 1.54) is 0 Å². The SMILES string of the molecule is O=C(CC1(C(=O)O)CCCCC1)Nc1ccncc1. The molecule has 0 saturated heterocycles. The number of nitrogens with zero attached hydrogens (tertiary/aromatic N) is 1. The lowest BCUT2D eigenvalue weighted by Gasteiger charge is -2.32. The predicted molar refractivity (Wildman–Crippen MR) is 70.6 cm³/mol. The Balaban J connectivity index is 2.01. The predicted octanol–water partition coefficient (Wildman–Crippen LogP) is 2.45. The van der Waals surface area contributed by atoms with Gasteiger partial charge < -0.3 is 10.4 Å². The lowest BCUT2D eigenvalue weighted by Crippen LogP contribution is -2.37. The number of nitrogens with one attached hydrogen (secondary N) is 1. The minimum absolute atomic E-state index is 0.0463. The van der Waals surface area contributed by atoms with Crippen LogP contribution in [0.2, 0.25) is 0 Å². The van der Waals surface area contributed by atoms with Crippen molar-refractivity contribution < 1.29 is 14.7 Å². The molecule has 1 fully saturated rings. The molecule has 2 rings (SSSR count). The zero-order chi connectivity index (χ0) is 13.7. The fourth-order valence-electron chi connectivity index (χ4n) is 2.64. The first-order valence-corrected chi connectivity index (χ1v) is 6.56. The quantitative estimate of drug-likeness (QED) is 0.873. The standard InChI is InChI=1S/C14H18N2O3/c17-12(16-11-4-8-15-9-5-11)10-14(13(18)19)6-2-1-3-7-14/h4-5,8-9H,1-3,6-7,10H2,(H,18,19)(H,15,16,17). The number of hydrogen-bond donors (Lipinski definition) is 2. The molecule has 0 unspecified atom stereocenters. The molecule has 1 heterocycles. The molecular weight excluding hydrogens is 244 g/mol. The summed E-state index contributed by atoms with van der Waals surface area (Å²) < 4.78 is 0. The molecule has 1 aromatic heterocycles. The highest BCUT2D eigenvalue weighted by atomic mass is 16.4. The average molecular weight is 262 g/mol. The first-order chi connectivity index (χ1) is 9.12. The van der Waals surface area contributed by atoms with E-state index in [-0.39, 0.29) is 12.3 Å². The van der Waals surface area contributed by atoms with Gasteiger partial charge in [0.05, 0.1) is 5.41 Å². The first kappa shape index (κ1) is 13.5. The molecule has 1 saturated carbocycles. The number of rotatable bonds is 4. The third-order valence-corrected chi connectivity index (χ3v) is 3.73. The number of carboxylic acid groups (broad SMARTS) is 1. The van der Waals surface area contributed by atoms with Crippen LogP contribution in [0.25, 0.3) is 0 Å². The molecule has 19 heavy (non-hydrogen) atoms. The Kier molecular flexibility index (Phi) is 4.14. The molecule has 1 amide bonds. The van der Waals surface area contributed by atoms with Gasteiger partial charge in [0.15, 0.2) is 0 Å². The molecule has 0 spiro atoms. The molecule has 5 nitrogen and oxygen atoms in total. The summed E-state index contributed by atoms with van der Waals surface area (Å²) in [4.78, 5) is 27.3. The highest BCUT2D eigenvalue weighted by molar-refractivity contribution is 5.94. The van der Waals surface area contributed by atoms with E-state index in [0.717, 1.165) is 19.3 Å². The Hall–Kier alpha value is -1.91. The van der Waals surface area contributed by atoms with E-state index < -0.39 is 11.4 Å². The van der Waals surface area contributed by atoms with Gasteiger partial charge in [0.2, 0.25) is 5.91 Å². The van der Waals surface area contributed by atoms with Crippen LogP contribution >= 0.6 is 0 Å². The van der Waals surface area contributed by atoms with Crippen LogP contribution in [0.3, 0.4) is 0 Å². The second-order valence-corrected chi connectivity index (χ2v) is 5.11. The lowest BCUT2D eigenvalue weighted by molar-refractivity contribution is -0.153. The van der Waals surface area contributed by atoms with Crippen molar-refractivity contribution in [1.29, 1.82) is 0 Å². The molecule has 5 heteroatoms. The fraction of sp³-hybridized carbons (Fsp3) is 0.500. The molecule has 1 aliphatic carbocycles. The molecule has 0 radical (unpaired) electrons. The van der Waals surface area contributed by atoms with Crippen LogP contribution in [-0.4, -0.2) is 22.0 Å². The van der Waals surface area contributed by atoms with Gasteiger partial charge >= 0.3 is 5.97 Å². The molecule has 1 aliphatic rings. The van der Waals surface area contributed by atoms with Gasteiger partial charge in [-0.15, -0.1) is 0 Å². The van der Waals surface area contributed by atoms with Crippen LogP contribution in [0.1, 0.15) is 38.5 Å². The van der Waals surface area contributed by atoms with Crippen LogP contribution in [-0.2, 0) is 9.59 Å². The zero-order valence-electron chi connectivity index (χ0n) is 10.8. The van der Waals surface area contributed by atoms with Crippen molar-refractivity contribution in [2.24, 2.45) is 5.41 Å². The summed E-state index contributed by atoms with van der Waals surface area (Å²) in [7, 11) is 0. The van der Waals surface area contributed by atoms with E-state index in [1.807, 2.05) is 0 Å². The lowest BCUT2D eigenvalue weighted by atomic mass is 9.71. The minimum atomic E-state index is -0.880. The topological polar surface area (TPSA) is 79.3 Å². The van der Waals surface area contributed by atoms with E-state index in [1.54, 1.807) is 24.5 Å². The molecule has 102 valence electrons. The highest BCUT2D eigenvalue weighted by Crippen LogP contribution is 2.39. The number of anilines is 1. The molecule has 0 aliphatic heterocycles. The average Bonchev–Trinajstić information content (AvgIpc) is 2.40. The van der Waals surface area contributed by atoms with Crippen molar-refractivity contribution >= 4 is 17.6 Å². The molecule has 1 aromatic rings. The van der Waals surface area contributed by atoms with E-state index in [2.05, 4.69) is 10.3 Å². The van der Waals surface area contributed by atoms with Crippen molar-refractivity contribution in [3.05, 3.63) is 24.5 Å². The normalized spacial score (nSPS) is 17.7. The smallest absolute Gasteiger partial charge is 0.310 e. The van der Waals surface area contributed by atoms with Crippen LogP contribution in [0.15, 0.2) is 24.5 Å². The second kappa shape index (κ2) is 5.82. The monoisotopic (exact) mass is 262 g/mol. The number of carboxylic acids is 1. The van der Waals surface area contributed by atoms with Crippen molar-refractivity contribution in [3.8, 4) is 0 Å². The van der Waals surface area contributed by atoms with Gasteiger partial charge in [0, 0.05) is 24.5 Å². The highest BCUT2D eigenvalue weighted by Gasteiger charge is 2.41. The maximum Gasteiger partial charge on any atom is 0.310 e. The van der Waals surface area contributed by atoms with Crippen LogP contribution in [0, 0.1) is 5.41 Å². The molecular formula is C14H18N2O3. The van der Waals surface area contributed by atoms with Crippen molar-refractivity contribution in [1.82, 2.24) is 4.98 Å². The number of hydrogen-bond acceptors (Lipinski definition) is 3. The van der Waals surface area contributed by atoms with Gasteiger partial charge in [-0.1, -0.05) is 19.3 Å². The summed E-state index contributed by atoms with van der Waals surface area (Å²) >= 11 is 0. The summed E-state index contributed by atoms with van der Waals surface area (Å²) in [5.41, 5.74) is -0.230. The largest absolute Gasteiger partial charge is 0.481 e. The zero-order valence-corrected chi connectivity index (χ0v) is 10.8. The van der Waals surface area contributed by atoms with Crippen LogP contribution < -0.4 is 5.32 Å². The fourth-order valence-corrected chi connectivity index (χ4v) is 2.64. The third-order valence-electron chi connectivity index (χ3n) is 3.73. The second-order valence-electron chi connectivity index (χ2n) is 5.11. The van der Waals surface area contributed by atoms with Gasteiger partial charge in [-0.05, 0) is 25.0 Å². The number of pyridine rings is 1. The number of aliphatic carboxylic acids is 1. The summed E-state index contributed by atoms with van der Waals surface area (Å²) in [5, 5.41) is 12.1. The van der Waals surface area contributed by atoms with Crippen LogP contribution in [0.4, 0.5) is 5.69 Å². The van der Waals surface area contributed by atoms with Gasteiger partial charge in [-0.3, -0.25) is 14.6 Å². The number of aromatic nitrogens is 1.